The molecular weight excluding hydrogens is 536 g/mol. The van der Waals surface area contributed by atoms with Gasteiger partial charge in [-0.05, 0) is 58.5 Å². The van der Waals surface area contributed by atoms with Crippen molar-refractivity contribution in [2.75, 3.05) is 19.5 Å². The van der Waals surface area contributed by atoms with E-state index in [4.69, 9.17) is 9.47 Å². The zero-order chi connectivity index (χ0) is 28.3. The van der Waals surface area contributed by atoms with Crippen molar-refractivity contribution in [3.8, 4) is 11.5 Å². The normalized spacial score (nSPS) is 23.5. The van der Waals surface area contributed by atoms with Gasteiger partial charge in [0, 0.05) is 17.5 Å². The van der Waals surface area contributed by atoms with Crippen LogP contribution in [0.15, 0.2) is 90.4 Å². The van der Waals surface area contributed by atoms with E-state index < -0.39 is 23.4 Å². The summed E-state index contributed by atoms with van der Waals surface area (Å²) in [5.41, 5.74) is 2.18. The van der Waals surface area contributed by atoms with E-state index in [0.29, 0.717) is 33.2 Å². The van der Waals surface area contributed by atoms with E-state index in [1.807, 2.05) is 77.2 Å². The number of nitrogens with zero attached hydrogens (tertiary/aromatic N) is 1. The number of methoxy groups -OCH3 is 2. The highest BCUT2D eigenvalue weighted by Crippen LogP contribution is 2.62. The van der Waals surface area contributed by atoms with Gasteiger partial charge in [0.05, 0.1) is 31.1 Å². The molecule has 3 aliphatic rings. The van der Waals surface area contributed by atoms with E-state index in [1.54, 1.807) is 24.3 Å². The average molecular weight is 563 g/mol. The van der Waals surface area contributed by atoms with E-state index >= 15 is 0 Å². The number of thiophene rings is 1. The van der Waals surface area contributed by atoms with E-state index in [-0.39, 0.29) is 17.5 Å². The molecule has 0 unspecified atom stereocenters. The summed E-state index contributed by atoms with van der Waals surface area (Å²) in [5.74, 6) is -0.964. The van der Waals surface area contributed by atoms with Crippen molar-refractivity contribution < 1.29 is 23.9 Å². The van der Waals surface area contributed by atoms with Gasteiger partial charge in [0.25, 0.3) is 0 Å². The van der Waals surface area contributed by atoms with Crippen LogP contribution >= 0.6 is 11.3 Å². The second kappa shape index (κ2) is 9.45. The van der Waals surface area contributed by atoms with Crippen molar-refractivity contribution in [1.29, 1.82) is 0 Å². The lowest BCUT2D eigenvalue weighted by Crippen LogP contribution is -2.49. The van der Waals surface area contributed by atoms with Crippen LogP contribution in [-0.2, 0) is 10.2 Å². The minimum atomic E-state index is -1.38. The Balaban J connectivity index is 1.53. The summed E-state index contributed by atoms with van der Waals surface area (Å²) in [5, 5.41) is 4.92. The Morgan fingerprint density at radius 2 is 1.68 bits per heavy atom. The number of Topliss-reactive ketones (excluding diaryl/α,β-unsaturated/α-hetero) is 2. The number of fused-ring (bicyclic) bond motifs is 6. The molecule has 1 saturated heterocycles. The summed E-state index contributed by atoms with van der Waals surface area (Å²) in [6.07, 6.45) is 3.83. The van der Waals surface area contributed by atoms with Gasteiger partial charge < -0.3 is 19.7 Å². The standard InChI is InChI=1S/C33H26N2O5S/c1-39-24-14-13-20(18-25(24)40-2)29(36)27-28(30(37)26-12-7-17-41-26)35-16-15-19-8-3-4-9-21(19)31(35)33(27)22-10-5-6-11-23(22)34-32(33)38/h3-18,27-28,31H,1-2H3,(H,34,38)/t27-,28+,31-,33+/m0/s1. The molecule has 3 aliphatic heterocycles. The lowest BCUT2D eigenvalue weighted by molar-refractivity contribution is -0.122. The molecule has 1 aromatic heterocycles. The van der Waals surface area contributed by atoms with Crippen LogP contribution in [0.4, 0.5) is 5.69 Å². The monoisotopic (exact) mass is 562 g/mol. The van der Waals surface area contributed by atoms with Crippen LogP contribution < -0.4 is 14.8 Å². The Kier molecular flexibility index (Phi) is 5.83. The number of ether oxygens (including phenoxy) is 2. The number of carbonyl (C=O) groups excluding carboxylic acids is 3. The van der Waals surface area contributed by atoms with Crippen molar-refractivity contribution in [2.24, 2.45) is 5.92 Å². The molecule has 1 N–H and O–H groups in total. The van der Waals surface area contributed by atoms with E-state index in [0.717, 1.165) is 11.1 Å². The van der Waals surface area contributed by atoms with Crippen LogP contribution in [0.2, 0.25) is 0 Å². The number of hydrogen-bond acceptors (Lipinski definition) is 7. The summed E-state index contributed by atoms with van der Waals surface area (Å²) < 4.78 is 10.9. The fourth-order valence-corrected chi connectivity index (χ4v) is 7.60. The van der Waals surface area contributed by atoms with E-state index in [9.17, 15) is 14.4 Å². The number of anilines is 1. The third-order valence-electron chi connectivity index (χ3n) is 8.55. The molecule has 0 saturated carbocycles. The molecule has 4 heterocycles. The predicted octanol–water partition coefficient (Wildman–Crippen LogP) is 5.75. The maximum absolute atomic E-state index is 14.9. The zero-order valence-electron chi connectivity index (χ0n) is 22.4. The first kappa shape index (κ1) is 25.3. The molecule has 4 aromatic rings. The lowest BCUT2D eigenvalue weighted by Gasteiger charge is -2.38. The summed E-state index contributed by atoms with van der Waals surface area (Å²) in [6, 6.07) is 22.4. The van der Waals surface area contributed by atoms with Crippen LogP contribution in [0.5, 0.6) is 11.5 Å². The number of carbonyl (C=O) groups is 3. The second-order valence-electron chi connectivity index (χ2n) is 10.4. The molecule has 7 nitrogen and oxygen atoms in total. The number of hydrogen-bond donors (Lipinski definition) is 1. The molecule has 0 radical (unpaired) electrons. The van der Waals surface area contributed by atoms with Crippen molar-refractivity contribution in [2.45, 2.75) is 17.5 Å². The van der Waals surface area contributed by atoms with Crippen LogP contribution in [0.25, 0.3) is 6.08 Å². The van der Waals surface area contributed by atoms with Gasteiger partial charge in [-0.15, -0.1) is 11.3 Å². The van der Waals surface area contributed by atoms with Gasteiger partial charge >= 0.3 is 0 Å². The molecule has 8 heteroatoms. The number of para-hydroxylation sites is 1. The Morgan fingerprint density at radius 1 is 0.902 bits per heavy atom. The highest BCUT2D eigenvalue weighted by molar-refractivity contribution is 7.12. The summed E-state index contributed by atoms with van der Waals surface area (Å²) in [6.45, 7) is 0. The molecule has 204 valence electrons. The van der Waals surface area contributed by atoms with Crippen LogP contribution in [0.1, 0.15) is 42.8 Å². The average Bonchev–Trinajstić information content (AvgIpc) is 3.73. The minimum Gasteiger partial charge on any atom is -0.493 e. The number of rotatable bonds is 6. The quantitative estimate of drug-likeness (QED) is 0.302. The number of benzene rings is 3. The summed E-state index contributed by atoms with van der Waals surface area (Å²) in [4.78, 5) is 46.3. The fraction of sp³-hybridized carbons (Fsp3) is 0.182. The number of amides is 1. The molecule has 1 amide bonds. The lowest BCUT2D eigenvalue weighted by atomic mass is 9.62. The molecular formula is C33H26N2O5S. The predicted molar refractivity (Wildman–Crippen MR) is 157 cm³/mol. The van der Waals surface area contributed by atoms with Gasteiger partial charge in [-0.3, -0.25) is 14.4 Å². The fourth-order valence-electron chi connectivity index (χ4n) is 6.90. The molecule has 0 bridgehead atoms. The highest BCUT2D eigenvalue weighted by Gasteiger charge is 2.70. The van der Waals surface area contributed by atoms with Gasteiger partial charge in [-0.25, -0.2) is 0 Å². The molecule has 7 rings (SSSR count). The third-order valence-corrected chi connectivity index (χ3v) is 9.44. The van der Waals surface area contributed by atoms with E-state index in [2.05, 4.69) is 5.32 Å². The van der Waals surface area contributed by atoms with Crippen molar-refractivity contribution >= 4 is 40.6 Å². The Hall–Kier alpha value is -4.69. The maximum Gasteiger partial charge on any atom is 0.238 e. The number of nitrogens with one attached hydrogen (secondary N) is 1. The first-order valence-electron chi connectivity index (χ1n) is 13.3. The molecule has 1 fully saturated rings. The smallest absolute Gasteiger partial charge is 0.238 e. The van der Waals surface area contributed by atoms with Crippen LogP contribution in [-0.4, -0.2) is 42.6 Å². The SMILES string of the molecule is COc1ccc(C(=O)[C@@H]2[C@H](C(=O)c3cccs3)N3C=Cc4ccccc4[C@H]3[C@]23C(=O)Nc2ccccc23)cc1OC. The highest BCUT2D eigenvalue weighted by atomic mass is 32.1. The van der Waals surface area contributed by atoms with Crippen LogP contribution in [0.3, 0.4) is 0 Å². The number of ketones is 2. The first-order valence-corrected chi connectivity index (χ1v) is 14.2. The third kappa shape index (κ3) is 3.47. The largest absolute Gasteiger partial charge is 0.493 e. The Bertz CT molecular complexity index is 1750. The minimum absolute atomic E-state index is 0.193. The van der Waals surface area contributed by atoms with Gasteiger partial charge in [-0.2, -0.15) is 0 Å². The van der Waals surface area contributed by atoms with Gasteiger partial charge in [-0.1, -0.05) is 48.5 Å². The van der Waals surface area contributed by atoms with Crippen molar-refractivity contribution in [1.82, 2.24) is 4.90 Å². The maximum atomic E-state index is 14.9. The molecule has 0 aliphatic carbocycles. The van der Waals surface area contributed by atoms with Crippen molar-refractivity contribution in [3.63, 3.8) is 0 Å². The van der Waals surface area contributed by atoms with Gasteiger partial charge in [0.1, 0.15) is 11.5 Å². The van der Waals surface area contributed by atoms with Gasteiger partial charge in [0.2, 0.25) is 5.91 Å². The molecule has 1 spiro atoms. The molecule has 41 heavy (non-hydrogen) atoms. The molecule has 3 aromatic carbocycles. The van der Waals surface area contributed by atoms with Crippen molar-refractivity contribution in [3.05, 3.63) is 118 Å². The second-order valence-corrected chi connectivity index (χ2v) is 11.3. The molecule has 4 atom stereocenters. The summed E-state index contributed by atoms with van der Waals surface area (Å²) >= 11 is 1.33. The first-order chi connectivity index (χ1) is 20.0. The Labute approximate surface area is 241 Å². The van der Waals surface area contributed by atoms with Gasteiger partial charge in [0.15, 0.2) is 23.1 Å². The van der Waals surface area contributed by atoms with E-state index in [1.165, 1.54) is 25.6 Å². The van der Waals surface area contributed by atoms with Crippen LogP contribution in [0, 0.1) is 5.92 Å². The summed E-state index contributed by atoms with van der Waals surface area (Å²) in [7, 11) is 3.04. The Morgan fingerprint density at radius 3 is 2.46 bits per heavy atom. The topological polar surface area (TPSA) is 84.9 Å². The zero-order valence-corrected chi connectivity index (χ0v) is 23.2.